The first kappa shape index (κ1) is 16.8. The first-order chi connectivity index (χ1) is 11.4. The van der Waals surface area contributed by atoms with E-state index < -0.39 is 5.97 Å². The molecular formula is C19H20ClNO3. The Balaban J connectivity index is 2.00. The van der Waals surface area contributed by atoms with E-state index in [4.69, 9.17) is 16.7 Å². The normalized spacial score (nSPS) is 23.9. The van der Waals surface area contributed by atoms with Crippen LogP contribution in [-0.2, 0) is 16.1 Å². The van der Waals surface area contributed by atoms with E-state index >= 15 is 0 Å². The first-order valence-corrected chi connectivity index (χ1v) is 8.46. The van der Waals surface area contributed by atoms with Gasteiger partial charge in [-0.2, -0.15) is 0 Å². The molecule has 24 heavy (non-hydrogen) atoms. The van der Waals surface area contributed by atoms with Crippen LogP contribution >= 0.6 is 11.6 Å². The number of fused-ring (bicyclic) bond motifs is 1. The maximum Gasteiger partial charge on any atom is 0.328 e. The summed E-state index contributed by atoms with van der Waals surface area (Å²) < 4.78 is 0. The second-order valence-electron chi connectivity index (χ2n) is 6.75. The molecule has 1 heterocycles. The number of carboxylic acids is 1. The predicted molar refractivity (Wildman–Crippen MR) is 92.4 cm³/mol. The van der Waals surface area contributed by atoms with Crippen molar-refractivity contribution in [3.63, 3.8) is 0 Å². The number of halogens is 1. The number of hydrogen-bond acceptors (Lipinski definition) is 2. The maximum absolute atomic E-state index is 12.6. The van der Waals surface area contributed by atoms with Gasteiger partial charge >= 0.3 is 5.97 Å². The van der Waals surface area contributed by atoms with Crippen molar-refractivity contribution in [3.8, 4) is 0 Å². The number of rotatable bonds is 4. The molecule has 5 heteroatoms. The number of carbonyl (C=O) groups is 2. The molecule has 2 aliphatic rings. The molecule has 1 aliphatic carbocycles. The third kappa shape index (κ3) is 3.24. The summed E-state index contributed by atoms with van der Waals surface area (Å²) in [4.78, 5) is 25.3. The molecule has 1 fully saturated rings. The Morgan fingerprint density at radius 1 is 1.46 bits per heavy atom. The van der Waals surface area contributed by atoms with Crippen LogP contribution in [0.4, 0.5) is 0 Å². The quantitative estimate of drug-likeness (QED) is 0.834. The van der Waals surface area contributed by atoms with Crippen molar-refractivity contribution < 1.29 is 14.7 Å². The fourth-order valence-corrected chi connectivity index (χ4v) is 4.05. The molecule has 4 nitrogen and oxygen atoms in total. The largest absolute Gasteiger partial charge is 0.478 e. The standard InChI is InChI=1S/C19H20ClNO3/c1-19-9-3-5-14(7-8-17(23)24)18(19)21(16(22)11-19)12-13-4-2-6-15(20)10-13/h2,4,6-8,10H,3,5,9,11-12H2,1H3,(H,23,24). The van der Waals surface area contributed by atoms with Gasteiger partial charge in [-0.15, -0.1) is 0 Å². The van der Waals surface area contributed by atoms with Crippen LogP contribution in [0.15, 0.2) is 47.7 Å². The lowest BCUT2D eigenvalue weighted by Crippen LogP contribution is -2.28. The lowest BCUT2D eigenvalue weighted by atomic mass is 9.74. The van der Waals surface area contributed by atoms with E-state index in [-0.39, 0.29) is 11.3 Å². The van der Waals surface area contributed by atoms with Crippen LogP contribution < -0.4 is 0 Å². The second-order valence-corrected chi connectivity index (χ2v) is 7.18. The molecule has 1 aliphatic heterocycles. The number of nitrogens with zero attached hydrogens (tertiary/aromatic N) is 1. The Morgan fingerprint density at radius 2 is 2.25 bits per heavy atom. The number of allylic oxidation sites excluding steroid dienone is 3. The smallest absolute Gasteiger partial charge is 0.328 e. The van der Waals surface area contributed by atoms with Crippen LogP contribution in [0.2, 0.25) is 5.02 Å². The fourth-order valence-electron chi connectivity index (χ4n) is 3.84. The Hall–Kier alpha value is -2.07. The number of aliphatic carboxylic acids is 1. The molecule has 1 aromatic carbocycles. The second kappa shape index (κ2) is 6.44. The number of likely N-dealkylation sites (tertiary alicyclic amines) is 1. The minimum Gasteiger partial charge on any atom is -0.478 e. The summed E-state index contributed by atoms with van der Waals surface area (Å²) in [7, 11) is 0. The highest BCUT2D eigenvalue weighted by Gasteiger charge is 2.46. The molecular weight excluding hydrogens is 326 g/mol. The molecule has 0 bridgehead atoms. The van der Waals surface area contributed by atoms with Gasteiger partial charge < -0.3 is 10.0 Å². The van der Waals surface area contributed by atoms with Gasteiger partial charge in [0.25, 0.3) is 0 Å². The molecule has 1 N–H and O–H groups in total. The van der Waals surface area contributed by atoms with Crippen LogP contribution in [0, 0.1) is 5.41 Å². The molecule has 1 saturated heterocycles. The van der Waals surface area contributed by atoms with Crippen molar-refractivity contribution in [1.82, 2.24) is 4.90 Å². The topological polar surface area (TPSA) is 57.6 Å². The van der Waals surface area contributed by atoms with E-state index in [1.54, 1.807) is 6.08 Å². The van der Waals surface area contributed by atoms with Gasteiger partial charge in [0.1, 0.15) is 0 Å². The zero-order valence-corrected chi connectivity index (χ0v) is 14.3. The molecule has 1 unspecified atom stereocenters. The fraction of sp³-hybridized carbons (Fsp3) is 0.368. The first-order valence-electron chi connectivity index (χ1n) is 8.08. The summed E-state index contributed by atoms with van der Waals surface area (Å²) in [5.74, 6) is -0.878. The van der Waals surface area contributed by atoms with E-state index in [2.05, 4.69) is 6.92 Å². The minimum atomic E-state index is -0.971. The van der Waals surface area contributed by atoms with Crippen molar-refractivity contribution in [2.45, 2.75) is 39.2 Å². The van der Waals surface area contributed by atoms with Gasteiger partial charge in [-0.3, -0.25) is 4.79 Å². The number of carbonyl (C=O) groups excluding carboxylic acids is 1. The minimum absolute atomic E-state index is 0.0931. The highest BCUT2D eigenvalue weighted by atomic mass is 35.5. The molecule has 0 saturated carbocycles. The van der Waals surface area contributed by atoms with Gasteiger partial charge in [-0.1, -0.05) is 36.7 Å². The van der Waals surface area contributed by atoms with E-state index in [0.29, 0.717) is 18.0 Å². The number of carboxylic acid groups (broad SMARTS) is 1. The third-order valence-corrected chi connectivity index (χ3v) is 5.05. The van der Waals surface area contributed by atoms with Crippen LogP contribution in [0.1, 0.15) is 38.2 Å². The van der Waals surface area contributed by atoms with Crippen molar-refractivity contribution in [2.24, 2.45) is 5.41 Å². The molecule has 126 valence electrons. The summed E-state index contributed by atoms with van der Waals surface area (Å²) in [6, 6.07) is 7.49. The summed E-state index contributed by atoms with van der Waals surface area (Å²) in [6.45, 7) is 2.57. The molecule has 1 atom stereocenters. The summed E-state index contributed by atoms with van der Waals surface area (Å²) >= 11 is 6.05. The number of benzene rings is 1. The van der Waals surface area contributed by atoms with Crippen LogP contribution in [0.25, 0.3) is 0 Å². The van der Waals surface area contributed by atoms with Crippen LogP contribution in [0.3, 0.4) is 0 Å². The molecule has 1 amide bonds. The monoisotopic (exact) mass is 345 g/mol. The van der Waals surface area contributed by atoms with Gasteiger partial charge in [-0.05, 0) is 42.5 Å². The lowest BCUT2D eigenvalue weighted by molar-refractivity contribution is -0.131. The Labute approximate surface area is 146 Å². The van der Waals surface area contributed by atoms with Crippen molar-refractivity contribution in [2.75, 3.05) is 0 Å². The maximum atomic E-state index is 12.6. The van der Waals surface area contributed by atoms with Gasteiger partial charge in [0.15, 0.2) is 0 Å². The van der Waals surface area contributed by atoms with Gasteiger partial charge in [0.2, 0.25) is 5.91 Å². The molecule has 0 spiro atoms. The van der Waals surface area contributed by atoms with Gasteiger partial charge in [0.05, 0.1) is 6.54 Å². The Kier molecular flexibility index (Phi) is 4.50. The number of hydrogen-bond donors (Lipinski definition) is 1. The highest BCUT2D eigenvalue weighted by Crippen LogP contribution is 2.50. The number of amides is 1. The lowest BCUT2D eigenvalue weighted by Gasteiger charge is -2.34. The summed E-state index contributed by atoms with van der Waals surface area (Å²) in [5, 5.41) is 9.57. The molecule has 0 radical (unpaired) electrons. The Bertz CT molecular complexity index is 753. The average Bonchev–Trinajstić information content (AvgIpc) is 2.76. The summed E-state index contributed by atoms with van der Waals surface area (Å²) in [6.07, 6.45) is 6.01. The molecule has 1 aromatic rings. The molecule has 3 rings (SSSR count). The van der Waals surface area contributed by atoms with Crippen LogP contribution in [0.5, 0.6) is 0 Å². The van der Waals surface area contributed by atoms with E-state index in [9.17, 15) is 9.59 Å². The van der Waals surface area contributed by atoms with Gasteiger partial charge in [-0.25, -0.2) is 4.79 Å². The average molecular weight is 346 g/mol. The molecule has 0 aromatic heterocycles. The Morgan fingerprint density at radius 3 is 2.96 bits per heavy atom. The van der Waals surface area contributed by atoms with E-state index in [1.165, 1.54) is 0 Å². The van der Waals surface area contributed by atoms with Gasteiger partial charge in [0, 0.05) is 28.6 Å². The third-order valence-electron chi connectivity index (χ3n) is 4.82. The van der Waals surface area contributed by atoms with Crippen molar-refractivity contribution in [1.29, 1.82) is 0 Å². The van der Waals surface area contributed by atoms with Crippen LogP contribution in [-0.4, -0.2) is 21.9 Å². The summed E-state index contributed by atoms with van der Waals surface area (Å²) in [5.41, 5.74) is 2.71. The van der Waals surface area contributed by atoms with E-state index in [0.717, 1.165) is 42.2 Å². The SMILES string of the molecule is CC12CCCC(C=CC(=O)O)=C1N(Cc1cccc(Cl)c1)C(=O)C2. The van der Waals surface area contributed by atoms with E-state index in [1.807, 2.05) is 29.2 Å². The zero-order chi connectivity index (χ0) is 17.3. The van der Waals surface area contributed by atoms with Crippen molar-refractivity contribution >= 4 is 23.5 Å². The predicted octanol–water partition coefficient (Wildman–Crippen LogP) is 4.16. The zero-order valence-electron chi connectivity index (χ0n) is 13.6. The highest BCUT2D eigenvalue weighted by molar-refractivity contribution is 6.30. The van der Waals surface area contributed by atoms with Crippen molar-refractivity contribution in [3.05, 3.63) is 58.3 Å².